The minimum Gasteiger partial charge on any atom is -0.493 e. The van der Waals surface area contributed by atoms with E-state index in [0.29, 0.717) is 11.5 Å². The second-order valence-electron chi connectivity index (χ2n) is 9.15. The third-order valence-corrected chi connectivity index (χ3v) is 6.27. The fourth-order valence-corrected chi connectivity index (χ4v) is 4.40. The van der Waals surface area contributed by atoms with E-state index in [0.717, 1.165) is 23.1 Å². The van der Waals surface area contributed by atoms with Gasteiger partial charge in [-0.2, -0.15) is 4.91 Å². The normalized spacial score (nSPS) is 17.0. The molecule has 0 atom stereocenters. The van der Waals surface area contributed by atoms with E-state index in [-0.39, 0.29) is 17.4 Å². The van der Waals surface area contributed by atoms with Gasteiger partial charge in [-0.3, -0.25) is 0 Å². The summed E-state index contributed by atoms with van der Waals surface area (Å²) in [6, 6.07) is 8.48. The molecular weight excluding hydrogens is 350 g/mol. The van der Waals surface area contributed by atoms with Gasteiger partial charge >= 0.3 is 0 Å². The van der Waals surface area contributed by atoms with Crippen molar-refractivity contribution >= 4 is 0 Å². The van der Waals surface area contributed by atoms with Crippen LogP contribution in [0.4, 0.5) is 0 Å². The van der Waals surface area contributed by atoms with Gasteiger partial charge in [0.2, 0.25) is 0 Å². The van der Waals surface area contributed by atoms with E-state index >= 15 is 0 Å². The van der Waals surface area contributed by atoms with Crippen molar-refractivity contribution in [1.29, 1.82) is 0 Å². The number of nitrogens with zero attached hydrogens (tertiary/aromatic N) is 1. The predicted octanol–water partition coefficient (Wildman–Crippen LogP) is 6.29. The number of nitroso groups, excluding NO2 is 1. The summed E-state index contributed by atoms with van der Waals surface area (Å²) >= 11 is 0. The highest BCUT2D eigenvalue weighted by atomic mass is 16.5. The summed E-state index contributed by atoms with van der Waals surface area (Å²) in [5.74, 6) is 1.31. The lowest BCUT2D eigenvalue weighted by atomic mass is 9.62. The summed E-state index contributed by atoms with van der Waals surface area (Å²) in [6.45, 7) is 11.6. The van der Waals surface area contributed by atoms with E-state index in [4.69, 9.17) is 9.47 Å². The molecule has 0 N–H and O–H groups in total. The maximum atomic E-state index is 10.9. The Hall–Kier alpha value is -2.36. The van der Waals surface area contributed by atoms with Crippen LogP contribution in [0.25, 0.3) is 11.1 Å². The molecule has 0 amide bonds. The Balaban J connectivity index is 2.31. The van der Waals surface area contributed by atoms with Gasteiger partial charge in [0.05, 0.1) is 14.2 Å². The molecule has 150 valence electrons. The molecule has 0 saturated carbocycles. The standard InChI is InChI=1S/C24H31NO3/c1-15-10-19-20(24(4,5)9-8-23(19,2)3)13-17(15)18-11-16(14-25-26)12-21(27-6)22(18)28-7/h10-13H,8-9,14H2,1-7H3. The Kier molecular flexibility index (Phi) is 5.26. The van der Waals surface area contributed by atoms with E-state index < -0.39 is 0 Å². The van der Waals surface area contributed by atoms with Gasteiger partial charge < -0.3 is 9.47 Å². The molecule has 2 aromatic rings. The SMILES string of the molecule is COc1cc(CN=O)cc(-c2cc3c(cc2C)C(C)(C)CCC3(C)C)c1OC. The molecule has 0 radical (unpaired) electrons. The van der Waals surface area contributed by atoms with Crippen molar-refractivity contribution < 1.29 is 9.47 Å². The Morgan fingerprint density at radius 1 is 0.893 bits per heavy atom. The summed E-state index contributed by atoms with van der Waals surface area (Å²) in [5, 5.41) is 3.06. The van der Waals surface area contributed by atoms with Crippen LogP contribution in [0.5, 0.6) is 11.5 Å². The summed E-state index contributed by atoms with van der Waals surface area (Å²) in [5.41, 5.74) is 7.19. The lowest BCUT2D eigenvalue weighted by Crippen LogP contribution is -2.34. The molecule has 0 unspecified atom stereocenters. The maximum Gasteiger partial charge on any atom is 0.168 e. The molecule has 3 rings (SSSR count). The topological polar surface area (TPSA) is 47.9 Å². The van der Waals surface area contributed by atoms with Crippen molar-refractivity contribution in [3.05, 3.63) is 51.4 Å². The highest BCUT2D eigenvalue weighted by molar-refractivity contribution is 5.78. The number of benzene rings is 2. The lowest BCUT2D eigenvalue weighted by molar-refractivity contribution is 0.332. The summed E-state index contributed by atoms with van der Waals surface area (Å²) in [7, 11) is 3.27. The van der Waals surface area contributed by atoms with Gasteiger partial charge in [0.1, 0.15) is 6.54 Å². The largest absolute Gasteiger partial charge is 0.493 e. The monoisotopic (exact) mass is 381 g/mol. The predicted molar refractivity (Wildman–Crippen MR) is 115 cm³/mol. The van der Waals surface area contributed by atoms with Crippen LogP contribution in [-0.4, -0.2) is 14.2 Å². The average molecular weight is 382 g/mol. The minimum atomic E-state index is 0.107. The molecule has 0 heterocycles. The molecular formula is C24H31NO3. The van der Waals surface area contributed by atoms with Gasteiger partial charge in [-0.15, -0.1) is 0 Å². The van der Waals surface area contributed by atoms with Gasteiger partial charge in [0.25, 0.3) is 0 Å². The fraction of sp³-hybridized carbons (Fsp3) is 0.500. The van der Waals surface area contributed by atoms with Crippen molar-refractivity contribution in [2.24, 2.45) is 5.18 Å². The number of fused-ring (bicyclic) bond motifs is 1. The molecule has 2 aromatic carbocycles. The molecule has 0 aliphatic heterocycles. The highest BCUT2D eigenvalue weighted by Gasteiger charge is 2.37. The Bertz CT molecular complexity index is 913. The summed E-state index contributed by atoms with van der Waals surface area (Å²) < 4.78 is 11.3. The van der Waals surface area contributed by atoms with Crippen LogP contribution in [0.2, 0.25) is 0 Å². The van der Waals surface area contributed by atoms with Gasteiger partial charge in [0, 0.05) is 5.56 Å². The van der Waals surface area contributed by atoms with Gasteiger partial charge in [-0.1, -0.05) is 38.9 Å². The maximum absolute atomic E-state index is 10.9. The minimum absolute atomic E-state index is 0.107. The summed E-state index contributed by atoms with van der Waals surface area (Å²) in [4.78, 5) is 10.9. The number of methoxy groups -OCH3 is 2. The molecule has 0 fully saturated rings. The van der Waals surface area contributed by atoms with Crippen LogP contribution in [0.15, 0.2) is 29.4 Å². The van der Waals surface area contributed by atoms with Crippen LogP contribution in [0, 0.1) is 11.8 Å². The van der Waals surface area contributed by atoms with Crippen molar-refractivity contribution in [2.75, 3.05) is 14.2 Å². The molecule has 0 saturated heterocycles. The van der Waals surface area contributed by atoms with E-state index in [9.17, 15) is 4.91 Å². The number of hydrogen-bond acceptors (Lipinski definition) is 4. The Morgan fingerprint density at radius 3 is 2.04 bits per heavy atom. The van der Waals surface area contributed by atoms with Gasteiger partial charge in [0.15, 0.2) is 11.5 Å². The van der Waals surface area contributed by atoms with Crippen molar-refractivity contribution in [3.8, 4) is 22.6 Å². The first-order valence-electron chi connectivity index (χ1n) is 9.84. The van der Waals surface area contributed by atoms with Crippen LogP contribution >= 0.6 is 0 Å². The first-order chi connectivity index (χ1) is 13.1. The average Bonchev–Trinajstić information content (AvgIpc) is 2.65. The number of rotatable bonds is 5. The Morgan fingerprint density at radius 2 is 1.50 bits per heavy atom. The first kappa shape index (κ1) is 20.4. The van der Waals surface area contributed by atoms with E-state index in [1.54, 1.807) is 14.2 Å². The van der Waals surface area contributed by atoms with E-state index in [1.165, 1.54) is 23.1 Å². The zero-order valence-electron chi connectivity index (χ0n) is 18.1. The molecule has 1 aliphatic rings. The third kappa shape index (κ3) is 3.41. The zero-order valence-corrected chi connectivity index (χ0v) is 18.1. The quantitative estimate of drug-likeness (QED) is 0.571. The van der Waals surface area contributed by atoms with E-state index in [2.05, 4.69) is 51.9 Å². The van der Waals surface area contributed by atoms with Gasteiger partial charge in [-0.05, 0) is 76.6 Å². The third-order valence-electron chi connectivity index (χ3n) is 6.27. The zero-order chi connectivity index (χ0) is 20.7. The summed E-state index contributed by atoms with van der Waals surface area (Å²) in [6.07, 6.45) is 2.34. The molecule has 4 nitrogen and oxygen atoms in total. The number of ether oxygens (including phenoxy) is 2. The first-order valence-corrected chi connectivity index (χ1v) is 9.84. The second kappa shape index (κ2) is 7.23. The smallest absolute Gasteiger partial charge is 0.168 e. The molecule has 4 heteroatoms. The van der Waals surface area contributed by atoms with Crippen LogP contribution in [0.1, 0.15) is 62.8 Å². The fourth-order valence-electron chi connectivity index (χ4n) is 4.40. The van der Waals surface area contributed by atoms with Crippen molar-refractivity contribution in [2.45, 2.75) is 64.8 Å². The second-order valence-corrected chi connectivity index (χ2v) is 9.15. The number of hydrogen-bond donors (Lipinski definition) is 0. The molecule has 0 bridgehead atoms. The Labute approximate surface area is 168 Å². The van der Waals surface area contributed by atoms with Crippen molar-refractivity contribution in [1.82, 2.24) is 0 Å². The number of aryl methyl sites for hydroxylation is 1. The van der Waals surface area contributed by atoms with Crippen LogP contribution < -0.4 is 9.47 Å². The molecule has 28 heavy (non-hydrogen) atoms. The molecule has 1 aliphatic carbocycles. The van der Waals surface area contributed by atoms with Gasteiger partial charge in [-0.25, -0.2) is 0 Å². The molecule has 0 spiro atoms. The molecule has 0 aromatic heterocycles. The van der Waals surface area contributed by atoms with Crippen LogP contribution in [0.3, 0.4) is 0 Å². The van der Waals surface area contributed by atoms with Crippen molar-refractivity contribution in [3.63, 3.8) is 0 Å². The lowest BCUT2D eigenvalue weighted by Gasteiger charge is -2.42. The highest BCUT2D eigenvalue weighted by Crippen LogP contribution is 2.49. The van der Waals surface area contributed by atoms with Crippen LogP contribution in [-0.2, 0) is 17.4 Å². The van der Waals surface area contributed by atoms with E-state index in [1.807, 2.05) is 12.1 Å².